The molecule has 0 saturated heterocycles. The molecule has 24 heavy (non-hydrogen) atoms. The van der Waals surface area contributed by atoms with Gasteiger partial charge in [-0.1, -0.05) is 6.07 Å². The van der Waals surface area contributed by atoms with E-state index in [2.05, 4.69) is 9.88 Å². The number of fused-ring (bicyclic) bond motifs is 1. The summed E-state index contributed by atoms with van der Waals surface area (Å²) in [5.74, 6) is 0.571. The van der Waals surface area contributed by atoms with Crippen molar-refractivity contribution in [1.29, 1.82) is 0 Å². The maximum absolute atomic E-state index is 9.81. The van der Waals surface area contributed by atoms with E-state index < -0.39 is 0 Å². The monoisotopic (exact) mass is 318 g/mol. The standard InChI is InChI=1S/C20H18N2O2/c23-17-3-1-16(2-4-17)22-12-9-15-13-18(24)5-6-19(15)20(22)14-7-10-21-11-8-14/h1-8,10-11,13,20,23-24H,9,12H2. The Morgan fingerprint density at radius 1 is 0.875 bits per heavy atom. The van der Waals surface area contributed by atoms with Crippen LogP contribution in [-0.2, 0) is 6.42 Å². The van der Waals surface area contributed by atoms with E-state index in [4.69, 9.17) is 0 Å². The Balaban J connectivity index is 1.84. The summed E-state index contributed by atoms with van der Waals surface area (Å²) in [7, 11) is 0. The van der Waals surface area contributed by atoms with Crippen LogP contribution >= 0.6 is 0 Å². The molecule has 4 heteroatoms. The van der Waals surface area contributed by atoms with Gasteiger partial charge in [-0.2, -0.15) is 0 Å². The van der Waals surface area contributed by atoms with E-state index >= 15 is 0 Å². The average molecular weight is 318 g/mol. The fraction of sp³-hybridized carbons (Fsp3) is 0.150. The van der Waals surface area contributed by atoms with Crippen LogP contribution in [0.3, 0.4) is 0 Å². The molecule has 1 atom stereocenters. The van der Waals surface area contributed by atoms with Gasteiger partial charge in [0.1, 0.15) is 11.5 Å². The second kappa shape index (κ2) is 5.89. The van der Waals surface area contributed by atoms with Gasteiger partial charge < -0.3 is 15.1 Å². The number of pyridine rings is 1. The summed E-state index contributed by atoms with van der Waals surface area (Å²) in [6.07, 6.45) is 4.48. The smallest absolute Gasteiger partial charge is 0.115 e. The summed E-state index contributed by atoms with van der Waals surface area (Å²) >= 11 is 0. The van der Waals surface area contributed by atoms with Crippen molar-refractivity contribution < 1.29 is 10.2 Å². The first kappa shape index (κ1) is 14.6. The van der Waals surface area contributed by atoms with Gasteiger partial charge in [-0.05, 0) is 71.6 Å². The largest absolute Gasteiger partial charge is 0.508 e. The minimum atomic E-state index is 0.0573. The third-order valence-corrected chi connectivity index (χ3v) is 4.56. The third-order valence-electron chi connectivity index (χ3n) is 4.56. The number of rotatable bonds is 2. The van der Waals surface area contributed by atoms with Gasteiger partial charge in [-0.15, -0.1) is 0 Å². The Labute approximate surface area is 140 Å². The van der Waals surface area contributed by atoms with Gasteiger partial charge in [0.2, 0.25) is 0 Å². The molecule has 0 radical (unpaired) electrons. The molecule has 4 rings (SSSR count). The lowest BCUT2D eigenvalue weighted by Crippen LogP contribution is -2.36. The molecule has 3 aromatic rings. The number of hydrogen-bond donors (Lipinski definition) is 2. The number of anilines is 1. The molecule has 0 aliphatic carbocycles. The number of benzene rings is 2. The maximum Gasteiger partial charge on any atom is 0.115 e. The Morgan fingerprint density at radius 2 is 1.58 bits per heavy atom. The summed E-state index contributed by atoms with van der Waals surface area (Å²) in [6, 6.07) is 17.0. The summed E-state index contributed by atoms with van der Waals surface area (Å²) < 4.78 is 0. The molecular weight excluding hydrogens is 300 g/mol. The van der Waals surface area contributed by atoms with Crippen LogP contribution in [0.2, 0.25) is 0 Å². The first-order valence-corrected chi connectivity index (χ1v) is 8.00. The number of phenols is 2. The van der Waals surface area contributed by atoms with E-state index in [1.807, 2.05) is 36.4 Å². The fourth-order valence-electron chi connectivity index (χ4n) is 3.44. The minimum absolute atomic E-state index is 0.0573. The SMILES string of the molecule is Oc1ccc(N2CCc3cc(O)ccc3C2c2ccncc2)cc1. The zero-order valence-electron chi connectivity index (χ0n) is 13.1. The number of aromatic nitrogens is 1. The summed E-state index contributed by atoms with van der Waals surface area (Å²) in [6.45, 7) is 0.841. The summed E-state index contributed by atoms with van der Waals surface area (Å²) in [4.78, 5) is 6.46. The molecule has 1 aliphatic rings. The highest BCUT2D eigenvalue weighted by Gasteiger charge is 2.29. The molecule has 120 valence electrons. The highest BCUT2D eigenvalue weighted by Crippen LogP contribution is 2.39. The van der Waals surface area contributed by atoms with Gasteiger partial charge in [0, 0.05) is 24.6 Å². The van der Waals surface area contributed by atoms with Gasteiger partial charge >= 0.3 is 0 Å². The van der Waals surface area contributed by atoms with Crippen molar-refractivity contribution in [3.63, 3.8) is 0 Å². The van der Waals surface area contributed by atoms with Crippen molar-refractivity contribution >= 4 is 5.69 Å². The Hall–Kier alpha value is -3.01. The van der Waals surface area contributed by atoms with Crippen molar-refractivity contribution in [2.45, 2.75) is 12.5 Å². The molecule has 0 bridgehead atoms. The van der Waals surface area contributed by atoms with Crippen LogP contribution in [0.4, 0.5) is 5.69 Å². The summed E-state index contributed by atoms with van der Waals surface area (Å²) in [5.41, 5.74) is 4.59. The Bertz CT molecular complexity index is 847. The van der Waals surface area contributed by atoms with E-state index in [0.29, 0.717) is 5.75 Å². The van der Waals surface area contributed by atoms with E-state index in [1.54, 1.807) is 30.6 Å². The minimum Gasteiger partial charge on any atom is -0.508 e. The lowest BCUT2D eigenvalue weighted by molar-refractivity contribution is 0.472. The number of aromatic hydroxyl groups is 2. The molecule has 0 amide bonds. The van der Waals surface area contributed by atoms with Crippen molar-refractivity contribution in [2.24, 2.45) is 0 Å². The predicted molar refractivity (Wildman–Crippen MR) is 93.3 cm³/mol. The van der Waals surface area contributed by atoms with Gasteiger partial charge in [-0.3, -0.25) is 4.98 Å². The molecule has 0 saturated carbocycles. The van der Waals surface area contributed by atoms with Crippen molar-refractivity contribution in [2.75, 3.05) is 11.4 Å². The highest BCUT2D eigenvalue weighted by molar-refractivity contribution is 5.57. The van der Waals surface area contributed by atoms with Gasteiger partial charge in [0.15, 0.2) is 0 Å². The van der Waals surface area contributed by atoms with E-state index in [1.165, 1.54) is 11.1 Å². The molecule has 2 aromatic carbocycles. The maximum atomic E-state index is 9.81. The topological polar surface area (TPSA) is 56.6 Å². The Morgan fingerprint density at radius 3 is 2.33 bits per heavy atom. The van der Waals surface area contributed by atoms with Crippen LogP contribution in [0.25, 0.3) is 0 Å². The third kappa shape index (κ3) is 2.56. The molecule has 4 nitrogen and oxygen atoms in total. The average Bonchev–Trinajstić information content (AvgIpc) is 2.62. The normalized spacial score (nSPS) is 16.7. The van der Waals surface area contributed by atoms with E-state index in [-0.39, 0.29) is 11.8 Å². The lowest BCUT2D eigenvalue weighted by atomic mass is 9.88. The number of hydrogen-bond acceptors (Lipinski definition) is 4. The van der Waals surface area contributed by atoms with Gasteiger partial charge in [0.05, 0.1) is 6.04 Å². The van der Waals surface area contributed by atoms with E-state index in [9.17, 15) is 10.2 Å². The molecular formula is C20H18N2O2. The lowest BCUT2D eigenvalue weighted by Gasteiger charge is -2.39. The second-order valence-electron chi connectivity index (χ2n) is 6.03. The van der Waals surface area contributed by atoms with Crippen LogP contribution in [-0.4, -0.2) is 21.7 Å². The van der Waals surface area contributed by atoms with Crippen LogP contribution in [0.1, 0.15) is 22.7 Å². The number of phenolic OH excluding ortho intramolecular Hbond substituents is 2. The molecule has 1 aromatic heterocycles. The Kier molecular flexibility index (Phi) is 3.58. The van der Waals surface area contributed by atoms with Crippen molar-refractivity contribution in [3.05, 3.63) is 83.7 Å². The van der Waals surface area contributed by atoms with Crippen LogP contribution in [0.15, 0.2) is 67.0 Å². The molecule has 2 N–H and O–H groups in total. The van der Waals surface area contributed by atoms with Gasteiger partial charge in [-0.25, -0.2) is 0 Å². The van der Waals surface area contributed by atoms with Crippen LogP contribution < -0.4 is 4.90 Å². The quantitative estimate of drug-likeness (QED) is 0.757. The summed E-state index contributed by atoms with van der Waals surface area (Å²) in [5, 5.41) is 19.4. The van der Waals surface area contributed by atoms with Crippen molar-refractivity contribution in [3.8, 4) is 11.5 Å². The van der Waals surface area contributed by atoms with Crippen LogP contribution in [0.5, 0.6) is 11.5 Å². The molecule has 1 unspecified atom stereocenters. The molecule has 0 fully saturated rings. The molecule has 2 heterocycles. The molecule has 0 spiro atoms. The zero-order chi connectivity index (χ0) is 16.5. The predicted octanol–water partition coefficient (Wildman–Crippen LogP) is 3.64. The second-order valence-corrected chi connectivity index (χ2v) is 6.03. The highest BCUT2D eigenvalue weighted by atomic mass is 16.3. The van der Waals surface area contributed by atoms with Gasteiger partial charge in [0.25, 0.3) is 0 Å². The zero-order valence-corrected chi connectivity index (χ0v) is 13.1. The first-order chi connectivity index (χ1) is 11.7. The first-order valence-electron chi connectivity index (χ1n) is 8.00. The van der Waals surface area contributed by atoms with Crippen LogP contribution in [0, 0.1) is 0 Å². The fourth-order valence-corrected chi connectivity index (χ4v) is 3.44. The van der Waals surface area contributed by atoms with Crippen molar-refractivity contribution in [1.82, 2.24) is 4.98 Å². The van der Waals surface area contributed by atoms with E-state index in [0.717, 1.165) is 24.2 Å². The molecule has 1 aliphatic heterocycles. The number of nitrogens with zero attached hydrogens (tertiary/aromatic N) is 2.